The predicted octanol–water partition coefficient (Wildman–Crippen LogP) is 2.80. The highest BCUT2D eigenvalue weighted by Crippen LogP contribution is 2.19. The minimum Gasteiger partial charge on any atom is -0.497 e. The van der Waals surface area contributed by atoms with Gasteiger partial charge in [-0.15, -0.1) is 0 Å². The third-order valence-electron chi connectivity index (χ3n) is 2.79. The fourth-order valence-electron chi connectivity index (χ4n) is 1.81. The van der Waals surface area contributed by atoms with Crippen LogP contribution in [0.2, 0.25) is 0 Å². The number of aromatic nitrogens is 2. The largest absolute Gasteiger partial charge is 0.497 e. The maximum atomic E-state index is 5.69. The summed E-state index contributed by atoms with van der Waals surface area (Å²) in [5, 5.41) is 0. The Hall–Kier alpha value is -1.97. The molecule has 0 amide bonds. The smallest absolute Gasteiger partial charge is 0.132 e. The van der Waals surface area contributed by atoms with Crippen LogP contribution >= 0.6 is 0 Å². The summed E-state index contributed by atoms with van der Waals surface area (Å²) in [4.78, 5) is 4.45. The van der Waals surface area contributed by atoms with Crippen molar-refractivity contribution >= 4 is 0 Å². The molecule has 0 bridgehead atoms. The minimum atomic E-state index is 0.473. The van der Waals surface area contributed by atoms with Crippen LogP contribution in [0.1, 0.15) is 18.4 Å². The second-order valence-electron chi connectivity index (χ2n) is 4.03. The average Bonchev–Trinajstić information content (AvgIpc) is 2.77. The van der Waals surface area contributed by atoms with E-state index in [1.54, 1.807) is 7.11 Å². The molecule has 18 heavy (non-hydrogen) atoms. The monoisotopic (exact) mass is 246 g/mol. The molecule has 0 aliphatic heterocycles. The van der Waals surface area contributed by atoms with Gasteiger partial charge in [-0.2, -0.15) is 0 Å². The van der Waals surface area contributed by atoms with Gasteiger partial charge in [0.25, 0.3) is 0 Å². The zero-order chi connectivity index (χ0) is 13.0. The van der Waals surface area contributed by atoms with Crippen molar-refractivity contribution in [3.05, 3.63) is 42.0 Å². The highest BCUT2D eigenvalue weighted by Gasteiger charge is 2.04. The number of ether oxygens (including phenoxy) is 2. The lowest BCUT2D eigenvalue weighted by atomic mass is 10.3. The highest BCUT2D eigenvalue weighted by molar-refractivity contribution is 5.32. The Labute approximate surface area is 107 Å². The van der Waals surface area contributed by atoms with Gasteiger partial charge in [0.15, 0.2) is 0 Å². The lowest BCUT2D eigenvalue weighted by Gasteiger charge is -2.05. The third kappa shape index (κ3) is 2.83. The second-order valence-corrected chi connectivity index (χ2v) is 4.03. The van der Waals surface area contributed by atoms with Crippen molar-refractivity contribution in [1.82, 2.24) is 9.55 Å². The van der Waals surface area contributed by atoms with E-state index in [-0.39, 0.29) is 0 Å². The molecule has 0 radical (unpaired) electrons. The molecule has 0 fully saturated rings. The molecule has 0 N–H and O–H groups in total. The van der Waals surface area contributed by atoms with E-state index in [1.165, 1.54) is 0 Å². The summed E-state index contributed by atoms with van der Waals surface area (Å²) in [6.07, 6.45) is 2.02. The molecule has 1 aromatic carbocycles. The Bertz CT molecular complexity index is 520. The molecule has 4 nitrogen and oxygen atoms in total. The van der Waals surface area contributed by atoms with Crippen molar-refractivity contribution < 1.29 is 9.47 Å². The maximum absolute atomic E-state index is 5.69. The van der Waals surface area contributed by atoms with E-state index in [9.17, 15) is 0 Å². The Balaban J connectivity index is 2.01. The quantitative estimate of drug-likeness (QED) is 0.814. The van der Waals surface area contributed by atoms with Crippen molar-refractivity contribution in [1.29, 1.82) is 0 Å². The van der Waals surface area contributed by atoms with Gasteiger partial charge in [0.05, 0.1) is 12.8 Å². The molecule has 0 aliphatic rings. The lowest BCUT2D eigenvalue weighted by Crippen LogP contribution is -1.96. The number of nitrogens with zero attached hydrogens (tertiary/aromatic N) is 2. The number of rotatable bonds is 5. The lowest BCUT2D eigenvalue weighted by molar-refractivity contribution is 0.299. The molecule has 1 aromatic heterocycles. The van der Waals surface area contributed by atoms with E-state index < -0.39 is 0 Å². The summed E-state index contributed by atoms with van der Waals surface area (Å²) in [6.45, 7) is 5.50. The van der Waals surface area contributed by atoms with Crippen molar-refractivity contribution in [2.75, 3.05) is 7.11 Å². The first-order valence-corrected chi connectivity index (χ1v) is 6.02. The number of hydrogen-bond acceptors (Lipinski definition) is 3. The van der Waals surface area contributed by atoms with Crippen LogP contribution in [0.5, 0.6) is 11.5 Å². The molecule has 96 valence electrons. The van der Waals surface area contributed by atoms with Crippen LogP contribution in [-0.2, 0) is 13.2 Å². The predicted molar refractivity (Wildman–Crippen MR) is 70.0 cm³/mol. The second kappa shape index (κ2) is 5.58. The molecular weight excluding hydrogens is 228 g/mol. The van der Waals surface area contributed by atoms with Crippen molar-refractivity contribution in [3.63, 3.8) is 0 Å². The van der Waals surface area contributed by atoms with Crippen LogP contribution in [0.3, 0.4) is 0 Å². The standard InChI is InChI=1S/C14H18N2O2/c1-4-16-9-12(15-11(16)2)10-18-14-7-5-6-13(8-14)17-3/h5-9H,4,10H2,1-3H3. The fourth-order valence-corrected chi connectivity index (χ4v) is 1.81. The molecule has 0 saturated heterocycles. The first-order chi connectivity index (χ1) is 8.72. The van der Waals surface area contributed by atoms with Gasteiger partial charge < -0.3 is 14.0 Å². The number of hydrogen-bond donors (Lipinski definition) is 0. The van der Waals surface area contributed by atoms with E-state index >= 15 is 0 Å². The van der Waals surface area contributed by atoms with Gasteiger partial charge in [0.2, 0.25) is 0 Å². The number of aryl methyl sites for hydroxylation is 2. The summed E-state index contributed by atoms with van der Waals surface area (Å²) in [5.74, 6) is 2.60. The van der Waals surface area contributed by atoms with Gasteiger partial charge in [-0.05, 0) is 26.0 Å². The van der Waals surface area contributed by atoms with Gasteiger partial charge >= 0.3 is 0 Å². The first kappa shape index (κ1) is 12.5. The fraction of sp³-hybridized carbons (Fsp3) is 0.357. The molecule has 0 unspecified atom stereocenters. The molecule has 0 saturated carbocycles. The van der Waals surface area contributed by atoms with E-state index in [1.807, 2.05) is 37.4 Å². The van der Waals surface area contributed by atoms with Crippen LogP contribution in [0.4, 0.5) is 0 Å². The van der Waals surface area contributed by atoms with Crippen LogP contribution in [0.25, 0.3) is 0 Å². The Morgan fingerprint density at radius 2 is 2.06 bits per heavy atom. The van der Waals surface area contributed by atoms with Crippen molar-refractivity contribution in [3.8, 4) is 11.5 Å². The van der Waals surface area contributed by atoms with E-state index in [2.05, 4.69) is 16.5 Å². The minimum absolute atomic E-state index is 0.473. The summed E-state index contributed by atoms with van der Waals surface area (Å²) < 4.78 is 12.9. The SMILES string of the molecule is CCn1cc(COc2cccc(OC)c2)nc1C. The molecule has 2 aromatic rings. The van der Waals surface area contributed by atoms with Gasteiger partial charge in [-0.25, -0.2) is 4.98 Å². The first-order valence-electron chi connectivity index (χ1n) is 6.02. The molecule has 0 aliphatic carbocycles. The van der Waals surface area contributed by atoms with E-state index in [0.717, 1.165) is 29.6 Å². The van der Waals surface area contributed by atoms with Crippen LogP contribution in [0.15, 0.2) is 30.5 Å². The van der Waals surface area contributed by atoms with Crippen molar-refractivity contribution in [2.45, 2.75) is 27.0 Å². The Morgan fingerprint density at radius 1 is 1.28 bits per heavy atom. The number of benzene rings is 1. The van der Waals surface area contributed by atoms with Gasteiger partial charge in [-0.3, -0.25) is 0 Å². The normalized spacial score (nSPS) is 10.4. The maximum Gasteiger partial charge on any atom is 0.132 e. The van der Waals surface area contributed by atoms with E-state index in [0.29, 0.717) is 6.61 Å². The van der Waals surface area contributed by atoms with Crippen molar-refractivity contribution in [2.24, 2.45) is 0 Å². The van der Waals surface area contributed by atoms with Crippen LogP contribution in [-0.4, -0.2) is 16.7 Å². The Kier molecular flexibility index (Phi) is 3.87. The number of methoxy groups -OCH3 is 1. The molecule has 0 spiro atoms. The van der Waals surface area contributed by atoms with Crippen LogP contribution in [0, 0.1) is 6.92 Å². The topological polar surface area (TPSA) is 36.3 Å². The molecule has 4 heteroatoms. The van der Waals surface area contributed by atoms with Gasteiger partial charge in [0.1, 0.15) is 23.9 Å². The van der Waals surface area contributed by atoms with Gasteiger partial charge in [0, 0.05) is 18.8 Å². The molecule has 0 atom stereocenters. The molecule has 1 heterocycles. The van der Waals surface area contributed by atoms with Crippen LogP contribution < -0.4 is 9.47 Å². The summed E-state index contributed by atoms with van der Waals surface area (Å²) in [5.41, 5.74) is 0.942. The van der Waals surface area contributed by atoms with E-state index in [4.69, 9.17) is 9.47 Å². The molecular formula is C14H18N2O2. The number of imidazole rings is 1. The summed E-state index contributed by atoms with van der Waals surface area (Å²) >= 11 is 0. The third-order valence-corrected chi connectivity index (χ3v) is 2.79. The highest BCUT2D eigenvalue weighted by atomic mass is 16.5. The molecule has 2 rings (SSSR count). The Morgan fingerprint density at radius 3 is 2.72 bits per heavy atom. The van der Waals surface area contributed by atoms with Gasteiger partial charge in [-0.1, -0.05) is 6.07 Å². The zero-order valence-electron chi connectivity index (χ0n) is 11.0. The summed E-state index contributed by atoms with van der Waals surface area (Å²) in [7, 11) is 1.64. The summed E-state index contributed by atoms with van der Waals surface area (Å²) in [6, 6.07) is 7.57. The zero-order valence-corrected chi connectivity index (χ0v) is 11.0. The average molecular weight is 246 g/mol.